The monoisotopic (exact) mass is 395 g/mol. The lowest BCUT2D eigenvalue weighted by Gasteiger charge is -2.14. The molecule has 1 amide bonds. The number of carboxylic acids is 1. The van der Waals surface area contributed by atoms with Gasteiger partial charge in [0.25, 0.3) is 5.91 Å². The predicted molar refractivity (Wildman–Crippen MR) is 95.3 cm³/mol. The van der Waals surface area contributed by atoms with E-state index in [1.807, 2.05) is 18.2 Å². The molecular weight excluding hydrogens is 379 g/mol. The Hall–Kier alpha value is -3.63. The molecule has 0 spiro atoms. The molecule has 0 bridgehead atoms. The summed E-state index contributed by atoms with van der Waals surface area (Å²) < 4.78 is 31.7. The summed E-state index contributed by atoms with van der Waals surface area (Å²) in [6.45, 7) is 0. The fourth-order valence-corrected chi connectivity index (χ4v) is 2.08. The van der Waals surface area contributed by atoms with Gasteiger partial charge in [0.1, 0.15) is 5.82 Å². The molecule has 0 radical (unpaired) electrons. The number of benzene rings is 1. The van der Waals surface area contributed by atoms with Crippen molar-refractivity contribution in [3.05, 3.63) is 48.3 Å². The van der Waals surface area contributed by atoms with Crippen molar-refractivity contribution < 1.29 is 27.9 Å². The van der Waals surface area contributed by atoms with Crippen LogP contribution in [0.5, 0.6) is 0 Å². The average Bonchev–Trinajstić information content (AvgIpc) is 3.09. The molecule has 0 unspecified atom stereocenters. The lowest BCUT2D eigenvalue weighted by atomic mass is 10.2. The molecule has 0 aliphatic heterocycles. The van der Waals surface area contributed by atoms with Crippen LogP contribution in [0.3, 0.4) is 0 Å². The molecule has 3 rings (SSSR count). The molecule has 11 heteroatoms. The van der Waals surface area contributed by atoms with E-state index in [9.17, 15) is 18.0 Å². The number of carbonyl (C=O) groups is 2. The second kappa shape index (κ2) is 8.37. The summed E-state index contributed by atoms with van der Waals surface area (Å²) in [5.74, 6) is -2.30. The zero-order valence-corrected chi connectivity index (χ0v) is 14.8. The quantitative estimate of drug-likeness (QED) is 0.629. The number of aliphatic carboxylic acids is 1. The van der Waals surface area contributed by atoms with Gasteiger partial charge < -0.3 is 15.3 Å². The minimum atomic E-state index is -5.08. The molecule has 3 N–H and O–H groups in total. The Kier molecular flexibility index (Phi) is 6.18. The van der Waals surface area contributed by atoms with Gasteiger partial charge in [-0.15, -0.1) is 0 Å². The van der Waals surface area contributed by atoms with Gasteiger partial charge in [0.2, 0.25) is 0 Å². The normalized spacial score (nSPS) is 10.8. The number of carbonyl (C=O) groups excluding carboxylic acids is 1. The molecule has 0 saturated heterocycles. The van der Waals surface area contributed by atoms with Crippen molar-refractivity contribution >= 4 is 34.3 Å². The van der Waals surface area contributed by atoms with E-state index in [0.29, 0.717) is 11.4 Å². The van der Waals surface area contributed by atoms with Crippen LogP contribution in [-0.4, -0.2) is 57.3 Å². The van der Waals surface area contributed by atoms with Crippen LogP contribution in [0.1, 0.15) is 10.4 Å². The second-order valence-corrected chi connectivity index (χ2v) is 5.70. The second-order valence-electron chi connectivity index (χ2n) is 5.70. The third-order valence-electron chi connectivity index (χ3n) is 3.39. The molecule has 0 fully saturated rings. The first-order valence-electron chi connectivity index (χ1n) is 7.76. The highest BCUT2D eigenvalue weighted by Gasteiger charge is 2.38. The van der Waals surface area contributed by atoms with Crippen LogP contribution in [0.25, 0.3) is 10.9 Å². The molecule has 2 heterocycles. The molecule has 28 heavy (non-hydrogen) atoms. The molecule has 0 aliphatic carbocycles. The lowest BCUT2D eigenvalue weighted by molar-refractivity contribution is -0.192. The number of hydrogen-bond donors (Lipinski definition) is 3. The Morgan fingerprint density at radius 2 is 1.89 bits per heavy atom. The van der Waals surface area contributed by atoms with E-state index in [0.717, 1.165) is 16.6 Å². The Balaban J connectivity index is 0.000000345. The fraction of sp³-hybridized carbons (Fsp3) is 0.176. The van der Waals surface area contributed by atoms with Gasteiger partial charge >= 0.3 is 12.1 Å². The number of carboxylic acid groups (broad SMARTS) is 1. The summed E-state index contributed by atoms with van der Waals surface area (Å²) in [5, 5.41) is 18.2. The Labute approximate surface area is 157 Å². The summed E-state index contributed by atoms with van der Waals surface area (Å²) >= 11 is 0. The number of nitrogens with one attached hydrogen (secondary N) is 2. The minimum Gasteiger partial charge on any atom is -0.475 e. The van der Waals surface area contributed by atoms with E-state index in [1.54, 1.807) is 38.6 Å². The molecule has 0 atom stereocenters. The van der Waals surface area contributed by atoms with Gasteiger partial charge in [0, 0.05) is 31.4 Å². The number of alkyl halides is 3. The van der Waals surface area contributed by atoms with Gasteiger partial charge in [-0.25, -0.2) is 9.78 Å². The van der Waals surface area contributed by atoms with Crippen LogP contribution in [0.15, 0.2) is 42.7 Å². The number of amides is 1. The number of rotatable bonds is 3. The Morgan fingerprint density at radius 1 is 1.21 bits per heavy atom. The molecule has 0 saturated carbocycles. The average molecular weight is 395 g/mol. The number of aromatic amines is 1. The third-order valence-corrected chi connectivity index (χ3v) is 3.39. The van der Waals surface area contributed by atoms with Crippen LogP contribution in [0, 0.1) is 0 Å². The van der Waals surface area contributed by atoms with Gasteiger partial charge in [-0.1, -0.05) is 0 Å². The highest BCUT2D eigenvalue weighted by Crippen LogP contribution is 2.22. The van der Waals surface area contributed by atoms with E-state index in [2.05, 4.69) is 20.5 Å². The highest BCUT2D eigenvalue weighted by atomic mass is 19.4. The van der Waals surface area contributed by atoms with E-state index >= 15 is 0 Å². The van der Waals surface area contributed by atoms with E-state index in [1.165, 1.54) is 4.90 Å². The number of anilines is 2. The summed E-state index contributed by atoms with van der Waals surface area (Å²) in [7, 11) is 3.44. The maximum Gasteiger partial charge on any atom is 0.490 e. The van der Waals surface area contributed by atoms with Gasteiger partial charge in [-0.05, 0) is 30.3 Å². The Bertz CT molecular complexity index is 985. The lowest BCUT2D eigenvalue weighted by Crippen LogP contribution is -2.22. The first-order valence-corrected chi connectivity index (χ1v) is 7.76. The number of fused-ring (bicyclic) bond motifs is 1. The van der Waals surface area contributed by atoms with Crippen molar-refractivity contribution in [1.82, 2.24) is 20.1 Å². The summed E-state index contributed by atoms with van der Waals surface area (Å²) in [5.41, 5.74) is 2.36. The Morgan fingerprint density at radius 3 is 2.50 bits per heavy atom. The van der Waals surface area contributed by atoms with Crippen molar-refractivity contribution in [2.45, 2.75) is 6.18 Å². The van der Waals surface area contributed by atoms with Crippen molar-refractivity contribution in [1.29, 1.82) is 0 Å². The number of hydrogen-bond acceptors (Lipinski definition) is 5. The fourth-order valence-electron chi connectivity index (χ4n) is 2.08. The summed E-state index contributed by atoms with van der Waals surface area (Å²) in [6, 6.07) is 9.31. The van der Waals surface area contributed by atoms with Crippen molar-refractivity contribution in [3.8, 4) is 0 Å². The highest BCUT2D eigenvalue weighted by molar-refractivity contribution is 5.99. The smallest absolute Gasteiger partial charge is 0.475 e. The minimum absolute atomic E-state index is 0.0880. The summed E-state index contributed by atoms with van der Waals surface area (Å²) in [4.78, 5) is 26.8. The summed E-state index contributed by atoms with van der Waals surface area (Å²) in [6.07, 6.45) is -1.67. The SMILES string of the molecule is CN(C)C(=O)c1cccnc1Nc1ccc2[nH]ncc2c1.O=C(O)C(F)(F)F. The van der Waals surface area contributed by atoms with Gasteiger partial charge in [-0.2, -0.15) is 18.3 Å². The number of H-pyrrole nitrogens is 1. The maximum atomic E-state index is 12.2. The predicted octanol–water partition coefficient (Wildman–Crippen LogP) is 3.04. The standard InChI is InChI=1S/C15H15N5O.C2HF3O2/c1-20(2)15(21)12-4-3-7-16-14(12)18-11-5-6-13-10(8-11)9-17-19-13;3-2(4,5)1(6)7/h3-9H,1-2H3,(H,16,18)(H,17,19);(H,6,7). The number of pyridine rings is 1. The van der Waals surface area contributed by atoms with Gasteiger partial charge in [-0.3, -0.25) is 9.89 Å². The molecular formula is C17H16F3N5O3. The largest absolute Gasteiger partial charge is 0.490 e. The van der Waals surface area contributed by atoms with Gasteiger partial charge in [0.15, 0.2) is 0 Å². The van der Waals surface area contributed by atoms with Crippen molar-refractivity contribution in [2.75, 3.05) is 19.4 Å². The van der Waals surface area contributed by atoms with Crippen LogP contribution in [0.4, 0.5) is 24.7 Å². The van der Waals surface area contributed by atoms with Crippen LogP contribution in [-0.2, 0) is 4.79 Å². The van der Waals surface area contributed by atoms with E-state index < -0.39 is 12.1 Å². The zero-order chi connectivity index (χ0) is 20.9. The van der Waals surface area contributed by atoms with Crippen LogP contribution >= 0.6 is 0 Å². The van der Waals surface area contributed by atoms with Crippen LogP contribution in [0.2, 0.25) is 0 Å². The van der Waals surface area contributed by atoms with E-state index in [4.69, 9.17) is 9.90 Å². The molecule has 8 nitrogen and oxygen atoms in total. The third kappa shape index (κ3) is 5.19. The molecule has 2 aromatic heterocycles. The number of halogens is 3. The zero-order valence-electron chi connectivity index (χ0n) is 14.8. The van der Waals surface area contributed by atoms with Crippen molar-refractivity contribution in [2.24, 2.45) is 0 Å². The van der Waals surface area contributed by atoms with Crippen LogP contribution < -0.4 is 5.32 Å². The molecule has 1 aromatic carbocycles. The first-order chi connectivity index (χ1) is 13.1. The molecule has 0 aliphatic rings. The first kappa shape index (κ1) is 20.7. The molecule has 148 valence electrons. The maximum absolute atomic E-state index is 12.2. The topological polar surface area (TPSA) is 111 Å². The van der Waals surface area contributed by atoms with Gasteiger partial charge in [0.05, 0.1) is 17.3 Å². The number of aromatic nitrogens is 3. The number of nitrogens with zero attached hydrogens (tertiary/aromatic N) is 3. The van der Waals surface area contributed by atoms with Crippen molar-refractivity contribution in [3.63, 3.8) is 0 Å². The molecule has 3 aromatic rings. The van der Waals surface area contributed by atoms with E-state index in [-0.39, 0.29) is 5.91 Å².